The summed E-state index contributed by atoms with van der Waals surface area (Å²) in [5, 5.41) is 0.609. The van der Waals surface area contributed by atoms with Gasteiger partial charge in [-0.25, -0.2) is 4.79 Å². The predicted octanol–water partition coefficient (Wildman–Crippen LogP) is 3.98. The van der Waals surface area contributed by atoms with Crippen molar-refractivity contribution in [1.82, 2.24) is 9.97 Å². The number of fused-ring (bicyclic) bond motifs is 1. The van der Waals surface area contributed by atoms with Crippen LogP contribution in [-0.4, -0.2) is 28.3 Å². The lowest BCUT2D eigenvalue weighted by Crippen LogP contribution is -2.15. The topological polar surface area (TPSA) is 69.2 Å². The van der Waals surface area contributed by atoms with Gasteiger partial charge in [0.1, 0.15) is 5.52 Å². The second-order valence-electron chi connectivity index (χ2n) is 4.86. The molecule has 5 nitrogen and oxygen atoms in total. The molecule has 0 amide bonds. The van der Waals surface area contributed by atoms with Crippen molar-refractivity contribution >= 4 is 46.0 Å². The fourth-order valence-electron chi connectivity index (χ4n) is 2.12. The SMILES string of the molecule is O=C(COC(=O)c1cccc2nccnc12)c1ccc(Cl)c(Cl)c1. The van der Waals surface area contributed by atoms with Gasteiger partial charge in [0.25, 0.3) is 0 Å². The Morgan fingerprint density at radius 1 is 1.00 bits per heavy atom. The molecule has 1 heterocycles. The van der Waals surface area contributed by atoms with Crippen molar-refractivity contribution in [2.24, 2.45) is 0 Å². The smallest absolute Gasteiger partial charge is 0.340 e. The molecule has 0 N–H and O–H groups in total. The number of aromatic nitrogens is 2. The van der Waals surface area contributed by atoms with Gasteiger partial charge in [-0.1, -0.05) is 29.3 Å². The van der Waals surface area contributed by atoms with Gasteiger partial charge in [-0.3, -0.25) is 14.8 Å². The van der Waals surface area contributed by atoms with E-state index in [4.69, 9.17) is 27.9 Å². The molecular formula is C17H10Cl2N2O3. The van der Waals surface area contributed by atoms with Crippen LogP contribution in [0.25, 0.3) is 11.0 Å². The molecule has 0 radical (unpaired) electrons. The molecule has 0 spiro atoms. The lowest BCUT2D eigenvalue weighted by atomic mass is 10.1. The number of halogens is 2. The van der Waals surface area contributed by atoms with E-state index in [1.807, 2.05) is 0 Å². The Labute approximate surface area is 147 Å². The number of para-hydroxylation sites is 1. The zero-order chi connectivity index (χ0) is 17.1. The fourth-order valence-corrected chi connectivity index (χ4v) is 2.42. The molecule has 2 aromatic carbocycles. The molecule has 7 heteroatoms. The van der Waals surface area contributed by atoms with E-state index in [9.17, 15) is 9.59 Å². The Morgan fingerprint density at radius 3 is 2.58 bits per heavy atom. The van der Waals surface area contributed by atoms with Gasteiger partial charge < -0.3 is 4.74 Å². The minimum absolute atomic E-state index is 0.252. The number of nitrogens with zero attached hydrogens (tertiary/aromatic N) is 2. The molecule has 24 heavy (non-hydrogen) atoms. The van der Waals surface area contributed by atoms with Crippen molar-refractivity contribution < 1.29 is 14.3 Å². The number of hydrogen-bond donors (Lipinski definition) is 0. The molecule has 0 aliphatic rings. The van der Waals surface area contributed by atoms with E-state index in [0.29, 0.717) is 21.6 Å². The van der Waals surface area contributed by atoms with Crippen molar-refractivity contribution in [2.75, 3.05) is 6.61 Å². The first-order valence-electron chi connectivity index (χ1n) is 6.91. The van der Waals surface area contributed by atoms with E-state index in [-0.39, 0.29) is 16.4 Å². The van der Waals surface area contributed by atoms with Crippen LogP contribution in [0.5, 0.6) is 0 Å². The number of hydrogen-bond acceptors (Lipinski definition) is 5. The van der Waals surface area contributed by atoms with Crippen molar-refractivity contribution in [3.63, 3.8) is 0 Å². The van der Waals surface area contributed by atoms with Gasteiger partial charge in [0.05, 0.1) is 21.1 Å². The lowest BCUT2D eigenvalue weighted by Gasteiger charge is -2.07. The minimum Gasteiger partial charge on any atom is -0.454 e. The van der Waals surface area contributed by atoms with Crippen LogP contribution in [0.1, 0.15) is 20.7 Å². The van der Waals surface area contributed by atoms with Crippen LogP contribution in [0, 0.1) is 0 Å². The molecule has 0 atom stereocenters. The summed E-state index contributed by atoms with van der Waals surface area (Å²) in [7, 11) is 0. The fraction of sp³-hybridized carbons (Fsp3) is 0.0588. The molecule has 0 saturated heterocycles. The van der Waals surface area contributed by atoms with Gasteiger partial charge in [0.2, 0.25) is 0 Å². The first-order valence-corrected chi connectivity index (χ1v) is 7.67. The van der Waals surface area contributed by atoms with Crippen LogP contribution in [0.3, 0.4) is 0 Å². The highest BCUT2D eigenvalue weighted by Gasteiger charge is 2.16. The first-order chi connectivity index (χ1) is 11.6. The second-order valence-corrected chi connectivity index (χ2v) is 5.67. The molecule has 120 valence electrons. The predicted molar refractivity (Wildman–Crippen MR) is 90.6 cm³/mol. The highest BCUT2D eigenvalue weighted by atomic mass is 35.5. The molecule has 0 saturated carbocycles. The third-order valence-corrected chi connectivity index (χ3v) is 4.03. The van der Waals surface area contributed by atoms with Gasteiger partial charge in [-0.05, 0) is 30.3 Å². The third-order valence-electron chi connectivity index (χ3n) is 3.29. The molecule has 0 bridgehead atoms. The Hall–Kier alpha value is -2.50. The van der Waals surface area contributed by atoms with Crippen LogP contribution in [0.15, 0.2) is 48.8 Å². The molecule has 0 unspecified atom stereocenters. The number of ether oxygens (including phenoxy) is 1. The van der Waals surface area contributed by atoms with Crippen LogP contribution >= 0.6 is 23.2 Å². The van der Waals surface area contributed by atoms with Crippen LogP contribution in [0.4, 0.5) is 0 Å². The van der Waals surface area contributed by atoms with Gasteiger partial charge in [-0.2, -0.15) is 0 Å². The van der Waals surface area contributed by atoms with E-state index in [1.165, 1.54) is 30.6 Å². The van der Waals surface area contributed by atoms with Crippen molar-refractivity contribution in [3.05, 3.63) is 70.0 Å². The van der Waals surface area contributed by atoms with Crippen LogP contribution in [-0.2, 0) is 4.74 Å². The first kappa shape index (κ1) is 16.4. The standard InChI is InChI=1S/C17H10Cl2N2O3/c18-12-5-4-10(8-13(12)19)15(22)9-24-17(23)11-2-1-3-14-16(11)21-7-6-20-14/h1-8H,9H2. The molecular weight excluding hydrogens is 351 g/mol. The normalized spacial score (nSPS) is 10.6. The molecule has 0 aliphatic heterocycles. The van der Waals surface area contributed by atoms with Crippen molar-refractivity contribution in [2.45, 2.75) is 0 Å². The average molecular weight is 361 g/mol. The van der Waals surface area contributed by atoms with Crippen molar-refractivity contribution in [1.29, 1.82) is 0 Å². The summed E-state index contributed by atoms with van der Waals surface area (Å²) in [6.07, 6.45) is 3.02. The number of carbonyl (C=O) groups excluding carboxylic acids is 2. The summed E-state index contributed by atoms with van der Waals surface area (Å²) in [5.41, 5.74) is 1.56. The van der Waals surface area contributed by atoms with E-state index < -0.39 is 12.6 Å². The Bertz CT molecular complexity index is 939. The number of benzene rings is 2. The molecule has 0 aliphatic carbocycles. The van der Waals surface area contributed by atoms with Gasteiger partial charge in [0.15, 0.2) is 12.4 Å². The monoisotopic (exact) mass is 360 g/mol. The maximum atomic E-state index is 12.2. The lowest BCUT2D eigenvalue weighted by molar-refractivity contribution is 0.0476. The van der Waals surface area contributed by atoms with E-state index >= 15 is 0 Å². The molecule has 1 aromatic heterocycles. The maximum Gasteiger partial charge on any atom is 0.340 e. The summed E-state index contributed by atoms with van der Waals surface area (Å²) >= 11 is 11.7. The van der Waals surface area contributed by atoms with Gasteiger partial charge in [0, 0.05) is 18.0 Å². The number of Topliss-reactive ketones (excluding diaryl/α,β-unsaturated/α-hetero) is 1. The Morgan fingerprint density at radius 2 is 1.79 bits per heavy atom. The zero-order valence-electron chi connectivity index (χ0n) is 12.2. The highest BCUT2D eigenvalue weighted by molar-refractivity contribution is 6.42. The summed E-state index contributed by atoms with van der Waals surface area (Å²) in [6, 6.07) is 9.45. The Kier molecular flexibility index (Phi) is 4.74. The molecule has 3 aromatic rings. The van der Waals surface area contributed by atoms with Crippen molar-refractivity contribution in [3.8, 4) is 0 Å². The number of esters is 1. The zero-order valence-corrected chi connectivity index (χ0v) is 13.7. The quantitative estimate of drug-likeness (QED) is 0.519. The minimum atomic E-state index is -0.644. The van der Waals surface area contributed by atoms with E-state index in [0.717, 1.165) is 0 Å². The van der Waals surface area contributed by atoms with E-state index in [2.05, 4.69) is 9.97 Å². The second kappa shape index (κ2) is 6.95. The van der Waals surface area contributed by atoms with E-state index in [1.54, 1.807) is 18.2 Å². The van der Waals surface area contributed by atoms with Crippen LogP contribution in [0.2, 0.25) is 10.0 Å². The summed E-state index contributed by atoms with van der Waals surface area (Å²) in [5.74, 6) is -1.03. The van der Waals surface area contributed by atoms with Crippen LogP contribution < -0.4 is 0 Å². The summed E-state index contributed by atoms with van der Waals surface area (Å²) < 4.78 is 5.09. The van der Waals surface area contributed by atoms with Gasteiger partial charge >= 0.3 is 5.97 Å². The summed E-state index contributed by atoms with van der Waals surface area (Å²) in [4.78, 5) is 32.6. The third kappa shape index (κ3) is 3.37. The number of ketones is 1. The Balaban J connectivity index is 1.75. The number of carbonyl (C=O) groups is 2. The maximum absolute atomic E-state index is 12.2. The largest absolute Gasteiger partial charge is 0.454 e. The molecule has 3 rings (SSSR count). The number of rotatable bonds is 4. The molecule has 0 fully saturated rings. The highest BCUT2D eigenvalue weighted by Crippen LogP contribution is 2.23. The summed E-state index contributed by atoms with van der Waals surface area (Å²) in [6.45, 7) is -0.409. The van der Waals surface area contributed by atoms with Gasteiger partial charge in [-0.15, -0.1) is 0 Å². The average Bonchev–Trinajstić information content (AvgIpc) is 2.61.